The van der Waals surface area contributed by atoms with Gasteiger partial charge < -0.3 is 4.90 Å². The molecule has 3 unspecified atom stereocenters. The van der Waals surface area contributed by atoms with E-state index in [9.17, 15) is 4.79 Å². The van der Waals surface area contributed by atoms with E-state index in [1.54, 1.807) is 13.2 Å². The Labute approximate surface area is 118 Å². The molecule has 2 aliphatic rings. The van der Waals surface area contributed by atoms with E-state index in [0.29, 0.717) is 17.0 Å². The zero-order chi connectivity index (χ0) is 13.6. The van der Waals surface area contributed by atoms with Crippen molar-refractivity contribution >= 4 is 17.3 Å². The number of nitrogens with zero attached hydrogens (tertiary/aromatic N) is 3. The minimum absolute atomic E-state index is 0.203. The van der Waals surface area contributed by atoms with Crippen LogP contribution in [0.15, 0.2) is 11.0 Å². The van der Waals surface area contributed by atoms with Crippen molar-refractivity contribution in [2.75, 3.05) is 11.4 Å². The number of fused-ring (bicyclic) bond motifs is 1. The summed E-state index contributed by atoms with van der Waals surface area (Å²) in [6, 6.07) is 0.537. The van der Waals surface area contributed by atoms with Crippen molar-refractivity contribution in [3.05, 3.63) is 21.6 Å². The first-order valence-electron chi connectivity index (χ1n) is 7.08. The number of halogens is 1. The van der Waals surface area contributed by atoms with Crippen molar-refractivity contribution in [2.24, 2.45) is 18.9 Å². The molecule has 1 aromatic heterocycles. The smallest absolute Gasteiger partial charge is 0.287 e. The molecular weight excluding hydrogens is 262 g/mol. The van der Waals surface area contributed by atoms with Crippen LogP contribution in [0.1, 0.15) is 32.6 Å². The molecule has 1 aromatic rings. The minimum Gasteiger partial charge on any atom is -0.365 e. The summed E-state index contributed by atoms with van der Waals surface area (Å²) < 4.78 is 1.30. The highest BCUT2D eigenvalue weighted by atomic mass is 35.5. The van der Waals surface area contributed by atoms with Gasteiger partial charge in [0, 0.05) is 19.6 Å². The highest BCUT2D eigenvalue weighted by molar-refractivity contribution is 6.33. The summed E-state index contributed by atoms with van der Waals surface area (Å²) in [5.41, 5.74) is 0.622. The van der Waals surface area contributed by atoms with Crippen LogP contribution in [-0.2, 0) is 7.05 Å². The topological polar surface area (TPSA) is 38.1 Å². The summed E-state index contributed by atoms with van der Waals surface area (Å²) in [6.45, 7) is 3.30. The fraction of sp³-hybridized carbons (Fsp3) is 0.714. The predicted molar refractivity (Wildman–Crippen MR) is 76.7 cm³/mol. The van der Waals surface area contributed by atoms with Crippen LogP contribution in [0.4, 0.5) is 5.69 Å². The molecule has 1 saturated heterocycles. The molecule has 19 heavy (non-hydrogen) atoms. The van der Waals surface area contributed by atoms with Crippen LogP contribution in [-0.4, -0.2) is 22.4 Å². The van der Waals surface area contributed by atoms with Crippen molar-refractivity contribution in [3.8, 4) is 0 Å². The van der Waals surface area contributed by atoms with Gasteiger partial charge in [0.05, 0.1) is 11.9 Å². The minimum atomic E-state index is -0.203. The molecule has 0 spiro atoms. The van der Waals surface area contributed by atoms with Crippen LogP contribution >= 0.6 is 11.6 Å². The molecule has 5 heteroatoms. The Balaban J connectivity index is 1.98. The van der Waals surface area contributed by atoms with Gasteiger partial charge in [0.15, 0.2) is 0 Å². The van der Waals surface area contributed by atoms with Gasteiger partial charge in [-0.1, -0.05) is 31.4 Å². The summed E-state index contributed by atoms with van der Waals surface area (Å²) in [5, 5.41) is 4.44. The molecule has 1 saturated carbocycles. The fourth-order valence-corrected chi connectivity index (χ4v) is 4.03. The maximum Gasteiger partial charge on any atom is 0.287 e. The second-order valence-corrected chi connectivity index (χ2v) is 6.30. The molecule has 0 bridgehead atoms. The van der Waals surface area contributed by atoms with E-state index in [0.717, 1.165) is 18.2 Å². The van der Waals surface area contributed by atoms with Gasteiger partial charge in [0.25, 0.3) is 5.56 Å². The Morgan fingerprint density at radius 3 is 2.89 bits per heavy atom. The lowest BCUT2D eigenvalue weighted by Crippen LogP contribution is -2.36. The molecule has 1 aliphatic heterocycles. The number of aromatic nitrogens is 2. The molecule has 3 rings (SSSR count). The van der Waals surface area contributed by atoms with Crippen molar-refractivity contribution in [1.29, 1.82) is 0 Å². The number of hydrogen-bond acceptors (Lipinski definition) is 3. The number of rotatable bonds is 1. The summed E-state index contributed by atoms with van der Waals surface area (Å²) in [5.74, 6) is 1.42. The molecule has 0 aromatic carbocycles. The Bertz CT molecular complexity index is 542. The molecular formula is C14H20ClN3O. The Morgan fingerprint density at radius 2 is 2.11 bits per heavy atom. The average molecular weight is 282 g/mol. The van der Waals surface area contributed by atoms with Gasteiger partial charge in [-0.3, -0.25) is 4.79 Å². The first-order valence-corrected chi connectivity index (χ1v) is 7.46. The van der Waals surface area contributed by atoms with Crippen LogP contribution in [0, 0.1) is 11.8 Å². The van der Waals surface area contributed by atoms with Gasteiger partial charge in [-0.15, -0.1) is 0 Å². The van der Waals surface area contributed by atoms with Gasteiger partial charge in [0.2, 0.25) is 0 Å². The van der Waals surface area contributed by atoms with Gasteiger partial charge in [0.1, 0.15) is 5.02 Å². The van der Waals surface area contributed by atoms with Crippen LogP contribution < -0.4 is 10.5 Å². The standard InChI is InChI=1S/C14H20ClN3O/c1-9-8-18(11-6-4-3-5-10(9)11)12-7-16-17(2)14(19)13(12)15/h7,9-11H,3-6,8H2,1-2H3. The third-order valence-corrected chi connectivity index (χ3v) is 5.12. The zero-order valence-corrected chi connectivity index (χ0v) is 12.2. The van der Waals surface area contributed by atoms with Gasteiger partial charge >= 0.3 is 0 Å². The SMILES string of the molecule is CC1CN(c2cnn(C)c(=O)c2Cl)C2CCCCC12. The molecule has 0 N–H and O–H groups in total. The van der Waals surface area contributed by atoms with Crippen LogP contribution in [0.3, 0.4) is 0 Å². The highest BCUT2D eigenvalue weighted by Crippen LogP contribution is 2.42. The molecule has 104 valence electrons. The molecule has 3 atom stereocenters. The van der Waals surface area contributed by atoms with E-state index in [4.69, 9.17) is 11.6 Å². The van der Waals surface area contributed by atoms with E-state index in [1.807, 2.05) is 0 Å². The third-order valence-electron chi connectivity index (χ3n) is 4.77. The van der Waals surface area contributed by atoms with E-state index in [2.05, 4.69) is 16.9 Å². The summed E-state index contributed by atoms with van der Waals surface area (Å²) >= 11 is 6.24. The molecule has 2 heterocycles. The normalized spacial score (nSPS) is 30.5. The molecule has 4 nitrogen and oxygen atoms in total. The van der Waals surface area contributed by atoms with Crippen molar-refractivity contribution in [1.82, 2.24) is 9.78 Å². The quantitative estimate of drug-likeness (QED) is 0.794. The number of anilines is 1. The highest BCUT2D eigenvalue weighted by Gasteiger charge is 2.41. The fourth-order valence-electron chi connectivity index (χ4n) is 3.75. The maximum absolute atomic E-state index is 11.9. The monoisotopic (exact) mass is 281 g/mol. The van der Waals surface area contributed by atoms with Gasteiger partial charge in [-0.2, -0.15) is 5.10 Å². The second-order valence-electron chi connectivity index (χ2n) is 5.92. The lowest BCUT2D eigenvalue weighted by atomic mass is 9.80. The largest absolute Gasteiger partial charge is 0.365 e. The number of aryl methyl sites for hydroxylation is 1. The molecule has 0 radical (unpaired) electrons. The van der Waals surface area contributed by atoms with E-state index in [1.165, 1.54) is 30.4 Å². The number of hydrogen-bond donors (Lipinski definition) is 0. The van der Waals surface area contributed by atoms with Crippen LogP contribution in [0.25, 0.3) is 0 Å². The Kier molecular flexibility index (Phi) is 3.29. The predicted octanol–water partition coefficient (Wildman–Crippen LogP) is 2.45. The van der Waals surface area contributed by atoms with Gasteiger partial charge in [-0.25, -0.2) is 4.68 Å². The lowest BCUT2D eigenvalue weighted by Gasteiger charge is -2.33. The van der Waals surface area contributed by atoms with Crippen molar-refractivity contribution < 1.29 is 0 Å². The van der Waals surface area contributed by atoms with E-state index >= 15 is 0 Å². The van der Waals surface area contributed by atoms with E-state index in [-0.39, 0.29) is 5.56 Å². The zero-order valence-electron chi connectivity index (χ0n) is 11.5. The first-order chi connectivity index (χ1) is 9.09. The molecule has 1 aliphatic carbocycles. The second kappa shape index (κ2) is 4.82. The Morgan fingerprint density at radius 1 is 1.37 bits per heavy atom. The van der Waals surface area contributed by atoms with Crippen LogP contribution in [0.2, 0.25) is 5.02 Å². The maximum atomic E-state index is 11.9. The lowest BCUT2D eigenvalue weighted by molar-refractivity contribution is 0.293. The van der Waals surface area contributed by atoms with E-state index < -0.39 is 0 Å². The average Bonchev–Trinajstić information content (AvgIpc) is 2.74. The third kappa shape index (κ3) is 2.06. The Hall–Kier alpha value is -1.03. The summed E-state index contributed by atoms with van der Waals surface area (Å²) in [6.07, 6.45) is 6.87. The summed E-state index contributed by atoms with van der Waals surface area (Å²) in [7, 11) is 1.63. The molecule has 2 fully saturated rings. The van der Waals surface area contributed by atoms with Gasteiger partial charge in [-0.05, 0) is 24.7 Å². The van der Waals surface area contributed by atoms with Crippen molar-refractivity contribution in [3.63, 3.8) is 0 Å². The summed E-state index contributed by atoms with van der Waals surface area (Å²) in [4.78, 5) is 14.3. The molecule has 0 amide bonds. The van der Waals surface area contributed by atoms with Crippen molar-refractivity contribution in [2.45, 2.75) is 38.6 Å². The van der Waals surface area contributed by atoms with Crippen LogP contribution in [0.5, 0.6) is 0 Å². The first kappa shape index (κ1) is 13.0.